The number of ether oxygens (including phenoxy) is 1. The Bertz CT molecular complexity index is 696. The van der Waals surface area contributed by atoms with Crippen molar-refractivity contribution in [2.24, 2.45) is 0 Å². The van der Waals surface area contributed by atoms with Crippen LogP contribution in [0.5, 0.6) is 5.88 Å². The zero-order valence-electron chi connectivity index (χ0n) is 14.3. The first-order valence-corrected chi connectivity index (χ1v) is 8.84. The molecule has 3 heterocycles. The Morgan fingerprint density at radius 3 is 2.79 bits per heavy atom. The van der Waals surface area contributed by atoms with E-state index in [1.165, 1.54) is 12.8 Å². The van der Waals surface area contributed by atoms with E-state index >= 15 is 0 Å². The van der Waals surface area contributed by atoms with Crippen molar-refractivity contribution in [2.45, 2.75) is 57.6 Å². The molecule has 2 aromatic rings. The highest BCUT2D eigenvalue weighted by Gasteiger charge is 2.32. The third-order valence-corrected chi connectivity index (χ3v) is 4.62. The number of hydrogen-bond acceptors (Lipinski definition) is 6. The molecule has 0 bridgehead atoms. The molecule has 7 nitrogen and oxygen atoms in total. The molecule has 2 aromatic heterocycles. The molecule has 0 amide bonds. The molecule has 2 aliphatic rings. The van der Waals surface area contributed by atoms with Crippen molar-refractivity contribution in [1.82, 2.24) is 24.7 Å². The van der Waals surface area contributed by atoms with Crippen molar-refractivity contribution >= 4 is 5.82 Å². The topological polar surface area (TPSA) is 69.0 Å². The number of anilines is 1. The highest BCUT2D eigenvalue weighted by Crippen LogP contribution is 2.38. The molecule has 2 fully saturated rings. The third kappa shape index (κ3) is 3.07. The van der Waals surface area contributed by atoms with Gasteiger partial charge in [0, 0.05) is 37.4 Å². The molecular formula is C17H24N6O. The first kappa shape index (κ1) is 15.4. The average molecular weight is 328 g/mol. The Kier molecular flexibility index (Phi) is 4.08. The van der Waals surface area contributed by atoms with Gasteiger partial charge in [-0.05, 0) is 39.5 Å². The fraction of sp³-hybridized carbons (Fsp3) is 0.647. The summed E-state index contributed by atoms with van der Waals surface area (Å²) in [5.41, 5.74) is 0. The highest BCUT2D eigenvalue weighted by molar-refractivity contribution is 5.48. The molecule has 0 radical (unpaired) electrons. The van der Waals surface area contributed by atoms with Crippen molar-refractivity contribution in [1.29, 1.82) is 0 Å². The molecule has 1 saturated heterocycles. The molecule has 24 heavy (non-hydrogen) atoms. The first-order chi connectivity index (χ1) is 11.7. The highest BCUT2D eigenvalue weighted by atomic mass is 16.5. The quantitative estimate of drug-likeness (QED) is 0.840. The lowest BCUT2D eigenvalue weighted by Crippen LogP contribution is -2.36. The van der Waals surface area contributed by atoms with E-state index in [-0.39, 0.29) is 6.10 Å². The largest absolute Gasteiger partial charge is 0.472 e. The summed E-state index contributed by atoms with van der Waals surface area (Å²) in [4.78, 5) is 11.2. The smallest absolute Gasteiger partial charge is 0.257 e. The van der Waals surface area contributed by atoms with Crippen molar-refractivity contribution in [3.05, 3.63) is 24.5 Å². The average Bonchev–Trinajstić information content (AvgIpc) is 3.31. The predicted octanol–water partition coefficient (Wildman–Crippen LogP) is 2.57. The standard InChI is InChI=1S/C17H24N6O/c1-12(2)24-17-16(18-7-8-19-17)22-9-3-4-13(10-22)15-21-20-11-23(15)14-5-6-14/h7-8,11-14H,3-6,9-10H2,1-2H3. The Morgan fingerprint density at radius 2 is 2.00 bits per heavy atom. The second kappa shape index (κ2) is 6.37. The second-order valence-electron chi connectivity index (χ2n) is 6.96. The molecule has 0 N–H and O–H groups in total. The van der Waals surface area contributed by atoms with Crippen LogP contribution in [0.4, 0.5) is 5.82 Å². The van der Waals surface area contributed by atoms with Gasteiger partial charge in [-0.15, -0.1) is 10.2 Å². The summed E-state index contributed by atoms with van der Waals surface area (Å²) in [7, 11) is 0. The van der Waals surface area contributed by atoms with Crippen LogP contribution < -0.4 is 9.64 Å². The lowest BCUT2D eigenvalue weighted by atomic mass is 9.97. The van der Waals surface area contributed by atoms with E-state index in [0.29, 0.717) is 17.8 Å². The molecule has 0 spiro atoms. The van der Waals surface area contributed by atoms with Gasteiger partial charge >= 0.3 is 0 Å². The van der Waals surface area contributed by atoms with Gasteiger partial charge in [0.05, 0.1) is 6.10 Å². The van der Waals surface area contributed by atoms with Gasteiger partial charge in [-0.25, -0.2) is 9.97 Å². The van der Waals surface area contributed by atoms with Crippen LogP contribution in [0.25, 0.3) is 0 Å². The first-order valence-electron chi connectivity index (χ1n) is 8.84. The van der Waals surface area contributed by atoms with Gasteiger partial charge in [-0.1, -0.05) is 0 Å². The number of rotatable bonds is 5. The number of hydrogen-bond donors (Lipinski definition) is 0. The lowest BCUT2D eigenvalue weighted by molar-refractivity contribution is 0.231. The molecule has 1 aliphatic carbocycles. The van der Waals surface area contributed by atoms with Gasteiger partial charge < -0.3 is 14.2 Å². The number of nitrogens with zero attached hydrogens (tertiary/aromatic N) is 6. The van der Waals surface area contributed by atoms with Crippen molar-refractivity contribution in [2.75, 3.05) is 18.0 Å². The van der Waals surface area contributed by atoms with Crippen LogP contribution in [0.3, 0.4) is 0 Å². The van der Waals surface area contributed by atoms with Crippen LogP contribution in [0.2, 0.25) is 0 Å². The lowest BCUT2D eigenvalue weighted by Gasteiger charge is -2.33. The van der Waals surface area contributed by atoms with E-state index in [2.05, 4.69) is 29.6 Å². The zero-order chi connectivity index (χ0) is 16.5. The Morgan fingerprint density at radius 1 is 1.17 bits per heavy atom. The molecule has 1 aliphatic heterocycles. The van der Waals surface area contributed by atoms with Gasteiger partial charge in [0.2, 0.25) is 0 Å². The summed E-state index contributed by atoms with van der Waals surface area (Å²) in [6.07, 6.45) is 10.1. The van der Waals surface area contributed by atoms with E-state index in [0.717, 1.165) is 37.6 Å². The fourth-order valence-corrected chi connectivity index (χ4v) is 3.40. The minimum absolute atomic E-state index is 0.0824. The number of piperidine rings is 1. The molecule has 4 rings (SSSR count). The predicted molar refractivity (Wildman–Crippen MR) is 90.3 cm³/mol. The normalized spacial score (nSPS) is 21.3. The third-order valence-electron chi connectivity index (χ3n) is 4.62. The van der Waals surface area contributed by atoms with Gasteiger partial charge in [-0.3, -0.25) is 0 Å². The summed E-state index contributed by atoms with van der Waals surface area (Å²) in [6.45, 7) is 5.88. The summed E-state index contributed by atoms with van der Waals surface area (Å²) in [6, 6.07) is 0.613. The van der Waals surface area contributed by atoms with Gasteiger partial charge in [0.25, 0.3) is 5.88 Å². The second-order valence-corrected chi connectivity index (χ2v) is 6.96. The van der Waals surface area contributed by atoms with Crippen LogP contribution in [0.15, 0.2) is 18.7 Å². The fourth-order valence-electron chi connectivity index (χ4n) is 3.40. The van der Waals surface area contributed by atoms with Crippen molar-refractivity contribution in [3.63, 3.8) is 0 Å². The van der Waals surface area contributed by atoms with Crippen LogP contribution >= 0.6 is 0 Å². The monoisotopic (exact) mass is 328 g/mol. The molecule has 1 atom stereocenters. The maximum atomic E-state index is 5.85. The molecule has 7 heteroatoms. The van der Waals surface area contributed by atoms with Gasteiger partial charge in [0.15, 0.2) is 5.82 Å². The SMILES string of the molecule is CC(C)Oc1nccnc1N1CCCC(c2nncn2C2CC2)C1. The van der Waals surface area contributed by atoms with Crippen LogP contribution in [-0.4, -0.2) is 43.9 Å². The summed E-state index contributed by atoms with van der Waals surface area (Å²) >= 11 is 0. The van der Waals surface area contributed by atoms with E-state index in [1.54, 1.807) is 12.4 Å². The molecular weight excluding hydrogens is 304 g/mol. The van der Waals surface area contributed by atoms with Gasteiger partial charge in [0.1, 0.15) is 12.2 Å². The minimum Gasteiger partial charge on any atom is -0.472 e. The molecule has 0 aromatic carbocycles. The molecule has 1 saturated carbocycles. The van der Waals surface area contributed by atoms with E-state index in [1.807, 2.05) is 20.2 Å². The van der Waals surface area contributed by atoms with Crippen molar-refractivity contribution in [3.8, 4) is 5.88 Å². The summed E-state index contributed by atoms with van der Waals surface area (Å²) < 4.78 is 8.12. The van der Waals surface area contributed by atoms with E-state index in [9.17, 15) is 0 Å². The summed E-state index contributed by atoms with van der Waals surface area (Å²) in [5.74, 6) is 2.97. The van der Waals surface area contributed by atoms with Gasteiger partial charge in [-0.2, -0.15) is 0 Å². The van der Waals surface area contributed by atoms with E-state index < -0.39 is 0 Å². The Labute approximate surface area is 142 Å². The number of aromatic nitrogens is 5. The molecule has 1 unspecified atom stereocenters. The maximum Gasteiger partial charge on any atom is 0.257 e. The minimum atomic E-state index is 0.0824. The molecule has 128 valence electrons. The van der Waals surface area contributed by atoms with Crippen LogP contribution in [-0.2, 0) is 0 Å². The van der Waals surface area contributed by atoms with Crippen LogP contribution in [0.1, 0.15) is 57.3 Å². The van der Waals surface area contributed by atoms with Crippen LogP contribution in [0, 0.1) is 0 Å². The van der Waals surface area contributed by atoms with E-state index in [4.69, 9.17) is 4.74 Å². The zero-order valence-corrected chi connectivity index (χ0v) is 14.3. The summed E-state index contributed by atoms with van der Waals surface area (Å²) in [5, 5.41) is 8.57. The Hall–Kier alpha value is -2.18. The van der Waals surface area contributed by atoms with Crippen molar-refractivity contribution < 1.29 is 4.74 Å². The Balaban J connectivity index is 1.56. The maximum absolute atomic E-state index is 5.85.